The van der Waals surface area contributed by atoms with Gasteiger partial charge in [0.15, 0.2) is 0 Å². The average molecular weight is 612 g/mol. The van der Waals surface area contributed by atoms with Gasteiger partial charge in [0, 0.05) is 29.9 Å². The van der Waals surface area contributed by atoms with Crippen LogP contribution in [-0.2, 0) is 30.6 Å². The van der Waals surface area contributed by atoms with Crippen molar-refractivity contribution in [1.82, 2.24) is 0 Å². The van der Waals surface area contributed by atoms with Crippen LogP contribution in [0.15, 0.2) is 54.6 Å². The van der Waals surface area contributed by atoms with Crippen molar-refractivity contribution in [3.8, 4) is 0 Å². The number of hydrogen-bond donors (Lipinski definition) is 3. The lowest BCUT2D eigenvalue weighted by Gasteiger charge is -2.22. The molecule has 3 amide bonds. The molecule has 3 aromatic rings. The van der Waals surface area contributed by atoms with Crippen LogP contribution in [0, 0.1) is 26.7 Å². The summed E-state index contributed by atoms with van der Waals surface area (Å²) < 4.78 is 0. The van der Waals surface area contributed by atoms with Gasteiger partial charge in [-0.25, -0.2) is 0 Å². The summed E-state index contributed by atoms with van der Waals surface area (Å²) in [6, 6.07) is 17.9. The Bertz CT molecular complexity index is 1490. The van der Waals surface area contributed by atoms with Crippen molar-refractivity contribution >= 4 is 34.8 Å². The first-order chi connectivity index (χ1) is 20.6. The highest BCUT2D eigenvalue weighted by Crippen LogP contribution is 2.30. The molecule has 0 radical (unpaired) electrons. The van der Waals surface area contributed by atoms with E-state index in [4.69, 9.17) is 0 Å². The maximum Gasteiger partial charge on any atom is 0.228 e. The number of hydrogen-bond acceptors (Lipinski definition) is 3. The Morgan fingerprint density at radius 1 is 0.511 bits per heavy atom. The molecule has 6 nitrogen and oxygen atoms in total. The lowest BCUT2D eigenvalue weighted by atomic mass is 9.86. The van der Waals surface area contributed by atoms with Crippen molar-refractivity contribution in [2.75, 3.05) is 16.0 Å². The quantitative estimate of drug-likeness (QED) is 0.237. The van der Waals surface area contributed by atoms with Crippen molar-refractivity contribution < 1.29 is 14.4 Å². The van der Waals surface area contributed by atoms with Crippen LogP contribution in [0.1, 0.15) is 109 Å². The Labute approximate surface area is 270 Å². The van der Waals surface area contributed by atoms with E-state index in [0.717, 1.165) is 22.3 Å². The standard InChI is InChI=1S/C39H53N3O3/c1-24-19-28(37(4,5)6)13-16-31(24)40-34(43)22-27(36(45)42-33-18-15-30(21-26(33)3)39(10,11)12)23-35(44)41-32-17-14-29(20-25(32)2)38(7,8)9/h13-21,27H,22-23H2,1-12H3,(H,40,43)(H,41,44)(H,42,45). The average Bonchev–Trinajstić information content (AvgIpc) is 2.90. The monoisotopic (exact) mass is 611 g/mol. The zero-order valence-corrected chi connectivity index (χ0v) is 29.4. The number of anilines is 3. The molecular weight excluding hydrogens is 558 g/mol. The third-order valence-corrected chi connectivity index (χ3v) is 8.32. The molecule has 0 atom stereocenters. The van der Waals surface area contributed by atoms with E-state index in [1.54, 1.807) is 0 Å². The van der Waals surface area contributed by atoms with Gasteiger partial charge in [0.05, 0.1) is 5.92 Å². The fraction of sp³-hybridized carbons (Fsp3) is 0.462. The van der Waals surface area contributed by atoms with Gasteiger partial charge in [-0.1, -0.05) is 98.7 Å². The zero-order valence-electron chi connectivity index (χ0n) is 29.4. The largest absolute Gasteiger partial charge is 0.326 e. The summed E-state index contributed by atoms with van der Waals surface area (Å²) in [5.74, 6) is -1.89. The van der Waals surface area contributed by atoms with Gasteiger partial charge in [-0.3, -0.25) is 14.4 Å². The molecule has 0 aliphatic heterocycles. The molecule has 3 N–H and O–H groups in total. The fourth-order valence-corrected chi connectivity index (χ4v) is 5.15. The van der Waals surface area contributed by atoms with Gasteiger partial charge >= 0.3 is 0 Å². The molecule has 0 heterocycles. The van der Waals surface area contributed by atoms with Crippen molar-refractivity contribution in [3.63, 3.8) is 0 Å². The van der Waals surface area contributed by atoms with E-state index in [1.807, 2.05) is 57.2 Å². The second-order valence-electron chi connectivity index (χ2n) is 15.5. The third kappa shape index (κ3) is 9.78. The van der Waals surface area contributed by atoms with Gasteiger partial charge in [0.25, 0.3) is 0 Å². The van der Waals surface area contributed by atoms with Crippen molar-refractivity contribution in [2.45, 2.75) is 112 Å². The van der Waals surface area contributed by atoms with E-state index in [9.17, 15) is 14.4 Å². The van der Waals surface area contributed by atoms with Crippen molar-refractivity contribution in [1.29, 1.82) is 0 Å². The fourth-order valence-electron chi connectivity index (χ4n) is 5.15. The highest BCUT2D eigenvalue weighted by atomic mass is 16.2. The summed E-state index contributed by atoms with van der Waals surface area (Å²) in [6.45, 7) is 25.2. The topological polar surface area (TPSA) is 87.3 Å². The normalized spacial score (nSPS) is 12.2. The number of benzene rings is 3. The molecule has 0 unspecified atom stereocenters. The number of carbonyl (C=O) groups is 3. The first-order valence-electron chi connectivity index (χ1n) is 15.9. The SMILES string of the molecule is Cc1cc(C(C)(C)C)ccc1NC(=O)CC(CC(=O)Nc1ccc(C(C)(C)C)cc1C)C(=O)Nc1ccc(C(C)(C)C)cc1C. The lowest BCUT2D eigenvalue weighted by Crippen LogP contribution is -2.31. The maximum absolute atomic E-state index is 13.7. The van der Waals surface area contributed by atoms with Crippen LogP contribution in [-0.4, -0.2) is 17.7 Å². The van der Waals surface area contributed by atoms with E-state index < -0.39 is 5.92 Å². The molecule has 0 bridgehead atoms. The Balaban J connectivity index is 1.83. The van der Waals surface area contributed by atoms with Crippen molar-refractivity contribution in [2.24, 2.45) is 5.92 Å². The molecule has 0 saturated heterocycles. The van der Waals surface area contributed by atoms with Crippen LogP contribution < -0.4 is 16.0 Å². The van der Waals surface area contributed by atoms with Gasteiger partial charge in [0.1, 0.15) is 0 Å². The maximum atomic E-state index is 13.7. The van der Waals surface area contributed by atoms with E-state index in [0.29, 0.717) is 17.1 Å². The predicted octanol–water partition coefficient (Wildman–Crippen LogP) is 9.12. The molecule has 242 valence electrons. The van der Waals surface area contributed by atoms with Gasteiger partial charge < -0.3 is 16.0 Å². The zero-order chi connectivity index (χ0) is 33.9. The molecule has 0 fully saturated rings. The van der Waals surface area contributed by atoms with Crippen LogP contribution in [0.2, 0.25) is 0 Å². The highest BCUT2D eigenvalue weighted by molar-refractivity contribution is 6.02. The summed E-state index contributed by atoms with van der Waals surface area (Å²) in [6.07, 6.45) is -0.276. The minimum absolute atomic E-state index is 0.0154. The number of nitrogens with one attached hydrogen (secondary N) is 3. The summed E-state index contributed by atoms with van der Waals surface area (Å²) in [5, 5.41) is 8.95. The Morgan fingerprint density at radius 2 is 0.800 bits per heavy atom. The molecule has 0 aliphatic carbocycles. The van der Waals surface area contributed by atoms with Gasteiger partial charge in [-0.2, -0.15) is 0 Å². The smallest absolute Gasteiger partial charge is 0.228 e. The van der Waals surface area contributed by atoms with E-state index in [1.165, 1.54) is 11.1 Å². The molecule has 0 aromatic heterocycles. The van der Waals surface area contributed by atoms with Crippen LogP contribution in [0.25, 0.3) is 0 Å². The van der Waals surface area contributed by atoms with Crippen LogP contribution in [0.3, 0.4) is 0 Å². The van der Waals surface area contributed by atoms with Gasteiger partial charge in [0.2, 0.25) is 17.7 Å². The first-order valence-corrected chi connectivity index (χ1v) is 15.9. The van der Waals surface area contributed by atoms with Gasteiger partial charge in [-0.05, 0) is 88.6 Å². The summed E-state index contributed by atoms with van der Waals surface area (Å²) >= 11 is 0. The molecule has 0 saturated carbocycles. The van der Waals surface area contributed by atoms with E-state index >= 15 is 0 Å². The van der Waals surface area contributed by atoms with Gasteiger partial charge in [-0.15, -0.1) is 0 Å². The van der Waals surface area contributed by atoms with E-state index in [-0.39, 0.29) is 46.8 Å². The van der Waals surface area contributed by atoms with E-state index in [2.05, 4.69) is 96.5 Å². The molecule has 3 aromatic carbocycles. The number of amides is 3. The van der Waals surface area contributed by atoms with Crippen LogP contribution in [0.5, 0.6) is 0 Å². The minimum Gasteiger partial charge on any atom is -0.326 e. The molecule has 3 rings (SSSR count). The molecule has 6 heteroatoms. The third-order valence-electron chi connectivity index (χ3n) is 8.32. The van der Waals surface area contributed by atoms with Crippen LogP contribution in [0.4, 0.5) is 17.1 Å². The Hall–Kier alpha value is -3.93. The second kappa shape index (κ2) is 13.6. The second-order valence-corrected chi connectivity index (χ2v) is 15.5. The summed E-state index contributed by atoms with van der Waals surface area (Å²) in [4.78, 5) is 40.4. The number of rotatable bonds is 8. The van der Waals surface area contributed by atoms with Crippen molar-refractivity contribution in [3.05, 3.63) is 88.0 Å². The highest BCUT2D eigenvalue weighted by Gasteiger charge is 2.27. The summed E-state index contributed by atoms with van der Waals surface area (Å²) in [7, 11) is 0. The van der Waals surface area contributed by atoms with Crippen LogP contribution >= 0.6 is 0 Å². The predicted molar refractivity (Wildman–Crippen MR) is 188 cm³/mol. The first kappa shape index (κ1) is 35.5. The number of carbonyl (C=O) groups excluding carboxylic acids is 3. The minimum atomic E-state index is -0.880. The Morgan fingerprint density at radius 3 is 1.07 bits per heavy atom. The molecule has 45 heavy (non-hydrogen) atoms. The molecular formula is C39H53N3O3. The Kier molecular flexibility index (Phi) is 10.7. The molecule has 0 spiro atoms. The molecule has 0 aliphatic rings. The summed E-state index contributed by atoms with van der Waals surface area (Å²) in [5.41, 5.74) is 8.31. The lowest BCUT2D eigenvalue weighted by molar-refractivity contribution is -0.127. The number of aryl methyl sites for hydroxylation is 3.